The summed E-state index contributed by atoms with van der Waals surface area (Å²) in [4.78, 5) is 27.3. The number of anilines is 1. The van der Waals surface area contributed by atoms with Gasteiger partial charge in [0, 0.05) is 29.4 Å². The van der Waals surface area contributed by atoms with E-state index in [1.807, 2.05) is 78.6 Å². The normalized spacial score (nSPS) is 15.1. The van der Waals surface area contributed by atoms with E-state index in [1.165, 1.54) is 0 Å². The van der Waals surface area contributed by atoms with E-state index in [0.29, 0.717) is 17.7 Å². The lowest BCUT2D eigenvalue weighted by molar-refractivity contribution is 0.0948. The quantitative estimate of drug-likeness (QED) is 0.719. The molecule has 1 atom stereocenters. The second-order valence-electron chi connectivity index (χ2n) is 7.61. The Morgan fingerprint density at radius 3 is 2.41 bits per heavy atom. The molecule has 1 aliphatic rings. The van der Waals surface area contributed by atoms with Gasteiger partial charge in [0.25, 0.3) is 11.8 Å². The van der Waals surface area contributed by atoms with Crippen molar-refractivity contribution in [3.8, 4) is 0 Å². The highest BCUT2D eigenvalue weighted by Crippen LogP contribution is 2.34. The molecule has 0 aromatic heterocycles. The van der Waals surface area contributed by atoms with Crippen LogP contribution in [0.4, 0.5) is 5.69 Å². The lowest BCUT2D eigenvalue weighted by Gasteiger charge is -2.23. The topological polar surface area (TPSA) is 49.4 Å². The molecule has 0 fully saturated rings. The van der Waals surface area contributed by atoms with Crippen molar-refractivity contribution in [2.24, 2.45) is 0 Å². The predicted octanol–water partition coefficient (Wildman–Crippen LogP) is 4.52. The largest absolute Gasteiger partial charge is 0.348 e. The molecule has 4 rings (SSSR count). The van der Waals surface area contributed by atoms with Gasteiger partial charge in [-0.05, 0) is 61.7 Å². The van der Waals surface area contributed by atoms with Crippen LogP contribution in [-0.2, 0) is 13.0 Å². The van der Waals surface area contributed by atoms with Gasteiger partial charge in [-0.3, -0.25) is 9.59 Å². The number of nitrogens with one attached hydrogen (secondary N) is 1. The SMILES string of the molecule is Cc1ccc(C(=O)NCc2ccc3c(c2)N(C(=O)c2ccccc2)[C@H](C)C3)cc1. The molecule has 0 bridgehead atoms. The molecule has 1 N–H and O–H groups in total. The Bertz CT molecular complexity index is 1040. The van der Waals surface area contributed by atoms with E-state index in [0.717, 1.165) is 28.8 Å². The van der Waals surface area contributed by atoms with Crippen LogP contribution < -0.4 is 10.2 Å². The Morgan fingerprint density at radius 2 is 1.69 bits per heavy atom. The molecule has 3 aromatic rings. The molecule has 4 nitrogen and oxygen atoms in total. The van der Waals surface area contributed by atoms with Crippen LogP contribution in [0.25, 0.3) is 0 Å². The Balaban J connectivity index is 1.52. The van der Waals surface area contributed by atoms with Crippen LogP contribution >= 0.6 is 0 Å². The lowest BCUT2D eigenvalue weighted by atomic mass is 10.1. The van der Waals surface area contributed by atoms with E-state index >= 15 is 0 Å². The second kappa shape index (κ2) is 7.92. The molecule has 0 saturated heterocycles. The fourth-order valence-electron chi connectivity index (χ4n) is 3.78. The lowest BCUT2D eigenvalue weighted by Crippen LogP contribution is -2.35. The van der Waals surface area contributed by atoms with Crippen LogP contribution in [0.3, 0.4) is 0 Å². The van der Waals surface area contributed by atoms with Gasteiger partial charge in [-0.1, -0.05) is 48.0 Å². The predicted molar refractivity (Wildman–Crippen MR) is 115 cm³/mol. The average molecular weight is 384 g/mol. The second-order valence-corrected chi connectivity index (χ2v) is 7.61. The van der Waals surface area contributed by atoms with Gasteiger partial charge in [0.05, 0.1) is 0 Å². The Labute approximate surface area is 171 Å². The fourth-order valence-corrected chi connectivity index (χ4v) is 3.78. The van der Waals surface area contributed by atoms with Crippen LogP contribution in [0.5, 0.6) is 0 Å². The van der Waals surface area contributed by atoms with Crippen LogP contribution in [0.2, 0.25) is 0 Å². The van der Waals surface area contributed by atoms with Crippen molar-refractivity contribution in [3.05, 3.63) is 101 Å². The first kappa shape index (κ1) is 18.9. The number of amides is 2. The number of aryl methyl sites for hydroxylation is 1. The number of nitrogens with zero attached hydrogens (tertiary/aromatic N) is 1. The summed E-state index contributed by atoms with van der Waals surface area (Å²) in [5.41, 5.74) is 5.53. The Hall–Kier alpha value is -3.40. The molecule has 0 unspecified atom stereocenters. The molecule has 0 spiro atoms. The molecule has 0 radical (unpaired) electrons. The molecule has 4 heteroatoms. The van der Waals surface area contributed by atoms with Crippen molar-refractivity contribution in [1.82, 2.24) is 5.32 Å². The maximum atomic E-state index is 13.1. The number of benzene rings is 3. The molecule has 29 heavy (non-hydrogen) atoms. The summed E-state index contributed by atoms with van der Waals surface area (Å²) in [6, 6.07) is 23.1. The number of hydrogen-bond acceptors (Lipinski definition) is 2. The molecular formula is C25H24N2O2. The van der Waals surface area contributed by atoms with E-state index in [4.69, 9.17) is 0 Å². The number of carbonyl (C=O) groups is 2. The maximum Gasteiger partial charge on any atom is 0.258 e. The minimum absolute atomic E-state index is 0.0118. The Morgan fingerprint density at radius 1 is 0.966 bits per heavy atom. The minimum atomic E-state index is -0.101. The summed E-state index contributed by atoms with van der Waals surface area (Å²) in [5, 5.41) is 2.97. The van der Waals surface area contributed by atoms with Gasteiger partial charge in [0.2, 0.25) is 0 Å². The van der Waals surface area contributed by atoms with Gasteiger partial charge in [0.1, 0.15) is 0 Å². The number of fused-ring (bicyclic) bond motifs is 1. The van der Waals surface area contributed by atoms with Crippen molar-refractivity contribution in [1.29, 1.82) is 0 Å². The van der Waals surface area contributed by atoms with Crippen molar-refractivity contribution in [2.45, 2.75) is 32.9 Å². The van der Waals surface area contributed by atoms with Crippen LogP contribution in [0.1, 0.15) is 44.3 Å². The van der Waals surface area contributed by atoms with Gasteiger partial charge in [-0.15, -0.1) is 0 Å². The summed E-state index contributed by atoms with van der Waals surface area (Å²) in [6.45, 7) is 4.48. The highest BCUT2D eigenvalue weighted by atomic mass is 16.2. The van der Waals surface area contributed by atoms with E-state index < -0.39 is 0 Å². The van der Waals surface area contributed by atoms with Gasteiger partial charge in [-0.25, -0.2) is 0 Å². The third-order valence-electron chi connectivity index (χ3n) is 5.37. The number of rotatable bonds is 4. The highest BCUT2D eigenvalue weighted by molar-refractivity contribution is 6.07. The zero-order valence-corrected chi connectivity index (χ0v) is 16.7. The van der Waals surface area contributed by atoms with Crippen LogP contribution in [0, 0.1) is 6.92 Å². The molecule has 0 saturated carbocycles. The third-order valence-corrected chi connectivity index (χ3v) is 5.37. The molecule has 0 aliphatic carbocycles. The standard InChI is InChI=1S/C25H24N2O2/c1-17-8-11-20(12-9-17)24(28)26-16-19-10-13-22-14-18(2)27(23(22)15-19)25(29)21-6-4-3-5-7-21/h3-13,15,18H,14,16H2,1-2H3,(H,26,28)/t18-/m1/s1. The zero-order valence-electron chi connectivity index (χ0n) is 16.7. The van der Waals surface area contributed by atoms with Crippen LogP contribution in [0.15, 0.2) is 72.8 Å². The van der Waals surface area contributed by atoms with Gasteiger partial charge in [0.15, 0.2) is 0 Å². The first-order valence-corrected chi connectivity index (χ1v) is 9.88. The fraction of sp³-hybridized carbons (Fsp3) is 0.200. The summed E-state index contributed by atoms with van der Waals surface area (Å²) < 4.78 is 0. The van der Waals surface area contributed by atoms with E-state index in [9.17, 15) is 9.59 Å². The monoisotopic (exact) mass is 384 g/mol. The van der Waals surface area contributed by atoms with Gasteiger partial charge < -0.3 is 10.2 Å². The first-order chi connectivity index (χ1) is 14.0. The Kier molecular flexibility index (Phi) is 5.17. The van der Waals surface area contributed by atoms with Crippen molar-refractivity contribution in [3.63, 3.8) is 0 Å². The van der Waals surface area contributed by atoms with Gasteiger partial charge >= 0.3 is 0 Å². The minimum Gasteiger partial charge on any atom is -0.348 e. The third kappa shape index (κ3) is 3.92. The maximum absolute atomic E-state index is 13.1. The molecule has 1 heterocycles. The highest BCUT2D eigenvalue weighted by Gasteiger charge is 2.31. The molecule has 2 amide bonds. The van der Waals surface area contributed by atoms with Crippen LogP contribution in [-0.4, -0.2) is 17.9 Å². The summed E-state index contributed by atoms with van der Waals surface area (Å²) in [6.07, 6.45) is 0.837. The smallest absolute Gasteiger partial charge is 0.258 e. The van der Waals surface area contributed by atoms with Crippen molar-refractivity contribution < 1.29 is 9.59 Å². The summed E-state index contributed by atoms with van der Waals surface area (Å²) >= 11 is 0. The number of carbonyl (C=O) groups excluding carboxylic acids is 2. The van der Waals surface area contributed by atoms with E-state index in [-0.39, 0.29) is 17.9 Å². The zero-order chi connectivity index (χ0) is 20.4. The summed E-state index contributed by atoms with van der Waals surface area (Å²) in [5.74, 6) is -0.0891. The van der Waals surface area contributed by atoms with Gasteiger partial charge in [-0.2, -0.15) is 0 Å². The average Bonchev–Trinajstić information content (AvgIpc) is 3.07. The molecule has 3 aromatic carbocycles. The number of hydrogen-bond donors (Lipinski definition) is 1. The molecule has 1 aliphatic heterocycles. The van der Waals surface area contributed by atoms with Crippen molar-refractivity contribution >= 4 is 17.5 Å². The van der Waals surface area contributed by atoms with Crippen molar-refractivity contribution in [2.75, 3.05) is 4.90 Å². The first-order valence-electron chi connectivity index (χ1n) is 9.88. The molecular weight excluding hydrogens is 360 g/mol. The molecule has 146 valence electrons. The summed E-state index contributed by atoms with van der Waals surface area (Å²) in [7, 11) is 0. The van der Waals surface area contributed by atoms with E-state index in [2.05, 4.69) is 18.3 Å². The van der Waals surface area contributed by atoms with E-state index in [1.54, 1.807) is 0 Å².